The van der Waals surface area contributed by atoms with E-state index in [4.69, 9.17) is 5.14 Å². The SMILES string of the molecule is NS(=O)(=O)c1cc(N2CCN3CCCCC3C2)cc([N+](=O)[O-])c1. The zero-order valence-electron chi connectivity index (χ0n) is 12.7. The smallest absolute Gasteiger partial charge is 0.272 e. The molecule has 23 heavy (non-hydrogen) atoms. The van der Waals surface area contributed by atoms with E-state index < -0.39 is 14.9 Å². The molecule has 2 fully saturated rings. The van der Waals surface area contributed by atoms with Crippen molar-refractivity contribution in [3.05, 3.63) is 28.3 Å². The fourth-order valence-electron chi connectivity index (χ4n) is 3.41. The van der Waals surface area contributed by atoms with Crippen molar-refractivity contribution in [1.82, 2.24) is 4.90 Å². The quantitative estimate of drug-likeness (QED) is 0.647. The number of hydrogen-bond donors (Lipinski definition) is 1. The van der Waals surface area contributed by atoms with Crippen molar-refractivity contribution in [3.63, 3.8) is 0 Å². The van der Waals surface area contributed by atoms with Crippen LogP contribution in [0.1, 0.15) is 19.3 Å². The third kappa shape index (κ3) is 3.46. The minimum absolute atomic E-state index is 0.215. The first-order valence-corrected chi connectivity index (χ1v) is 9.20. The summed E-state index contributed by atoms with van der Waals surface area (Å²) >= 11 is 0. The largest absolute Gasteiger partial charge is 0.368 e. The second-order valence-electron chi connectivity index (χ2n) is 6.12. The van der Waals surface area contributed by atoms with E-state index in [9.17, 15) is 18.5 Å². The molecule has 9 heteroatoms. The highest BCUT2D eigenvalue weighted by Crippen LogP contribution is 2.29. The normalized spacial score (nSPS) is 22.7. The van der Waals surface area contributed by atoms with Crippen LogP contribution < -0.4 is 10.0 Å². The molecule has 2 aliphatic heterocycles. The van der Waals surface area contributed by atoms with E-state index in [-0.39, 0.29) is 10.6 Å². The highest BCUT2D eigenvalue weighted by molar-refractivity contribution is 7.89. The molecular weight excluding hydrogens is 320 g/mol. The molecule has 0 spiro atoms. The number of piperazine rings is 1. The molecule has 0 saturated carbocycles. The van der Waals surface area contributed by atoms with Gasteiger partial charge in [-0.3, -0.25) is 15.0 Å². The molecule has 126 valence electrons. The van der Waals surface area contributed by atoms with Gasteiger partial charge in [-0.15, -0.1) is 0 Å². The van der Waals surface area contributed by atoms with Crippen LogP contribution in [0, 0.1) is 10.1 Å². The van der Waals surface area contributed by atoms with Gasteiger partial charge in [0.15, 0.2) is 0 Å². The number of nitro groups is 1. The van der Waals surface area contributed by atoms with Crippen LogP contribution in [0.4, 0.5) is 11.4 Å². The summed E-state index contributed by atoms with van der Waals surface area (Å²) in [5.41, 5.74) is 0.297. The van der Waals surface area contributed by atoms with Gasteiger partial charge in [-0.2, -0.15) is 0 Å². The van der Waals surface area contributed by atoms with E-state index in [2.05, 4.69) is 4.90 Å². The second kappa shape index (κ2) is 6.06. The number of nitrogens with zero attached hydrogens (tertiary/aromatic N) is 3. The number of piperidine rings is 1. The summed E-state index contributed by atoms with van der Waals surface area (Å²) in [5.74, 6) is 0. The first kappa shape index (κ1) is 16.2. The summed E-state index contributed by atoms with van der Waals surface area (Å²) in [6.07, 6.45) is 3.50. The standard InChI is InChI=1S/C14H20N4O4S/c15-23(21,22)14-8-12(7-13(9-14)18(19)20)17-6-5-16-4-2-1-3-11(16)10-17/h7-9,11H,1-6,10H2,(H2,15,21,22). The van der Waals surface area contributed by atoms with Gasteiger partial charge in [-0.05, 0) is 25.5 Å². The van der Waals surface area contributed by atoms with E-state index in [1.54, 1.807) is 0 Å². The number of fused-ring (bicyclic) bond motifs is 1. The lowest BCUT2D eigenvalue weighted by Crippen LogP contribution is -2.54. The van der Waals surface area contributed by atoms with Crippen molar-refractivity contribution in [3.8, 4) is 0 Å². The van der Waals surface area contributed by atoms with Gasteiger partial charge in [-0.25, -0.2) is 13.6 Å². The molecule has 2 heterocycles. The molecule has 0 radical (unpaired) electrons. The molecule has 2 saturated heterocycles. The van der Waals surface area contributed by atoms with Gasteiger partial charge < -0.3 is 4.90 Å². The lowest BCUT2D eigenvalue weighted by atomic mass is 9.99. The molecule has 1 atom stereocenters. The Morgan fingerprint density at radius 2 is 1.96 bits per heavy atom. The summed E-state index contributed by atoms with van der Waals surface area (Å²) in [6, 6.07) is 4.29. The Bertz CT molecular complexity index is 721. The maximum atomic E-state index is 11.6. The molecule has 1 aromatic carbocycles. The van der Waals surface area contributed by atoms with Crippen LogP contribution in [-0.4, -0.2) is 50.5 Å². The Morgan fingerprint density at radius 1 is 1.17 bits per heavy atom. The van der Waals surface area contributed by atoms with Crippen LogP contribution in [0.2, 0.25) is 0 Å². The van der Waals surface area contributed by atoms with Crippen molar-refractivity contribution < 1.29 is 13.3 Å². The van der Waals surface area contributed by atoms with E-state index >= 15 is 0 Å². The van der Waals surface area contributed by atoms with Gasteiger partial charge in [0.25, 0.3) is 5.69 Å². The van der Waals surface area contributed by atoms with Crippen molar-refractivity contribution in [2.24, 2.45) is 5.14 Å². The molecule has 8 nitrogen and oxygen atoms in total. The average molecular weight is 340 g/mol. The van der Waals surface area contributed by atoms with Crippen LogP contribution in [0.5, 0.6) is 0 Å². The minimum Gasteiger partial charge on any atom is -0.368 e. The molecule has 1 aromatic rings. The van der Waals surface area contributed by atoms with Crippen LogP contribution in [0.25, 0.3) is 0 Å². The molecule has 2 aliphatic rings. The molecular formula is C14H20N4O4S. The summed E-state index contributed by atoms with van der Waals surface area (Å²) < 4.78 is 23.2. The Labute approximate surface area is 135 Å². The Hall–Kier alpha value is -1.71. The number of sulfonamides is 1. The van der Waals surface area contributed by atoms with Gasteiger partial charge >= 0.3 is 0 Å². The van der Waals surface area contributed by atoms with Crippen LogP contribution >= 0.6 is 0 Å². The van der Waals surface area contributed by atoms with Crippen LogP contribution in [0.15, 0.2) is 23.1 Å². The van der Waals surface area contributed by atoms with Crippen molar-refractivity contribution in [1.29, 1.82) is 0 Å². The number of benzene rings is 1. The fourth-order valence-corrected chi connectivity index (χ4v) is 3.98. The summed E-state index contributed by atoms with van der Waals surface area (Å²) in [6.45, 7) is 3.46. The maximum Gasteiger partial charge on any atom is 0.272 e. The summed E-state index contributed by atoms with van der Waals surface area (Å²) in [5, 5.41) is 16.2. The van der Waals surface area contributed by atoms with Crippen LogP contribution in [-0.2, 0) is 10.0 Å². The molecule has 0 aromatic heterocycles. The Morgan fingerprint density at radius 3 is 2.65 bits per heavy atom. The molecule has 0 amide bonds. The van der Waals surface area contributed by atoms with Gasteiger partial charge in [0.1, 0.15) is 0 Å². The minimum atomic E-state index is -3.98. The molecule has 1 unspecified atom stereocenters. The number of nitrogens with two attached hydrogens (primary N) is 1. The third-order valence-electron chi connectivity index (χ3n) is 4.62. The number of rotatable bonds is 3. The molecule has 2 N–H and O–H groups in total. The average Bonchev–Trinajstić information content (AvgIpc) is 2.53. The molecule has 3 rings (SSSR count). The predicted octanol–water partition coefficient (Wildman–Crippen LogP) is 0.917. The van der Waals surface area contributed by atoms with E-state index in [1.807, 2.05) is 4.90 Å². The first-order valence-electron chi connectivity index (χ1n) is 7.66. The lowest BCUT2D eigenvalue weighted by Gasteiger charge is -2.44. The van der Waals surface area contributed by atoms with Crippen molar-refractivity contribution in [2.45, 2.75) is 30.2 Å². The topological polar surface area (TPSA) is 110 Å². The van der Waals surface area contributed by atoms with Gasteiger partial charge in [-0.1, -0.05) is 6.42 Å². The van der Waals surface area contributed by atoms with Crippen LogP contribution in [0.3, 0.4) is 0 Å². The van der Waals surface area contributed by atoms with Gasteiger partial charge in [0.05, 0.1) is 9.82 Å². The zero-order valence-corrected chi connectivity index (χ0v) is 13.5. The van der Waals surface area contributed by atoms with Crippen molar-refractivity contribution >= 4 is 21.4 Å². The molecule has 0 bridgehead atoms. The second-order valence-corrected chi connectivity index (χ2v) is 7.68. The summed E-state index contributed by atoms with van der Waals surface area (Å²) in [4.78, 5) is 14.7. The van der Waals surface area contributed by atoms with E-state index in [0.29, 0.717) is 11.7 Å². The highest BCUT2D eigenvalue weighted by Gasteiger charge is 2.30. The Balaban J connectivity index is 1.92. The van der Waals surface area contributed by atoms with Gasteiger partial charge in [0.2, 0.25) is 10.0 Å². The molecule has 0 aliphatic carbocycles. The number of non-ortho nitro benzene ring substituents is 1. The predicted molar refractivity (Wildman–Crippen MR) is 85.9 cm³/mol. The fraction of sp³-hybridized carbons (Fsp3) is 0.571. The first-order chi connectivity index (χ1) is 10.8. The monoisotopic (exact) mass is 340 g/mol. The number of nitro benzene ring substituents is 1. The lowest BCUT2D eigenvalue weighted by molar-refractivity contribution is -0.385. The van der Waals surface area contributed by atoms with E-state index in [1.165, 1.54) is 25.0 Å². The van der Waals surface area contributed by atoms with Crippen molar-refractivity contribution in [2.75, 3.05) is 31.1 Å². The third-order valence-corrected chi connectivity index (χ3v) is 5.51. The zero-order chi connectivity index (χ0) is 16.6. The number of hydrogen-bond acceptors (Lipinski definition) is 6. The number of primary sulfonamides is 1. The number of anilines is 1. The van der Waals surface area contributed by atoms with Gasteiger partial charge in [0, 0.05) is 43.5 Å². The Kier molecular flexibility index (Phi) is 4.26. The van der Waals surface area contributed by atoms with E-state index in [0.717, 1.165) is 38.7 Å². The summed E-state index contributed by atoms with van der Waals surface area (Å²) in [7, 11) is -3.98. The maximum absolute atomic E-state index is 11.6. The highest BCUT2D eigenvalue weighted by atomic mass is 32.2.